The van der Waals surface area contributed by atoms with Crippen LogP contribution in [0.1, 0.15) is 31.4 Å². The summed E-state index contributed by atoms with van der Waals surface area (Å²) >= 11 is 1.27. The lowest BCUT2D eigenvalue weighted by Gasteiger charge is -2.28. The zero-order valence-corrected chi connectivity index (χ0v) is 12.9. The number of hydrogen-bond acceptors (Lipinski definition) is 4. The summed E-state index contributed by atoms with van der Waals surface area (Å²) in [5.41, 5.74) is 3.75. The highest BCUT2D eigenvalue weighted by Gasteiger charge is 2.30. The SMILES string of the molecule is CCN1N=C(c2cccc3c2NC(=O)CC3)C(C)SC1=O. The predicted molar refractivity (Wildman–Crippen MR) is 84.8 cm³/mol. The largest absolute Gasteiger partial charge is 0.325 e. The number of rotatable bonds is 2. The number of amides is 2. The Labute approximate surface area is 127 Å². The third-order valence-electron chi connectivity index (χ3n) is 3.71. The Morgan fingerprint density at radius 1 is 1.38 bits per heavy atom. The maximum atomic E-state index is 11.9. The van der Waals surface area contributed by atoms with Crippen LogP contribution in [0.15, 0.2) is 23.3 Å². The molecule has 0 aliphatic carbocycles. The summed E-state index contributed by atoms with van der Waals surface area (Å²) in [7, 11) is 0. The highest BCUT2D eigenvalue weighted by Crippen LogP contribution is 2.32. The number of para-hydroxylation sites is 1. The molecule has 1 unspecified atom stereocenters. The molecule has 0 spiro atoms. The van der Waals surface area contributed by atoms with E-state index in [0.29, 0.717) is 13.0 Å². The van der Waals surface area contributed by atoms with Gasteiger partial charge in [0.2, 0.25) is 5.91 Å². The minimum Gasteiger partial charge on any atom is -0.325 e. The van der Waals surface area contributed by atoms with Crippen molar-refractivity contribution in [2.75, 3.05) is 11.9 Å². The van der Waals surface area contributed by atoms with Crippen molar-refractivity contribution in [1.29, 1.82) is 0 Å². The molecule has 2 aliphatic heterocycles. The van der Waals surface area contributed by atoms with E-state index >= 15 is 0 Å². The first kappa shape index (κ1) is 14.1. The standard InChI is InChI=1S/C15H17N3O2S/c1-3-18-15(20)21-9(2)13(17-18)11-6-4-5-10-7-8-12(19)16-14(10)11/h4-6,9H,3,7-8H2,1-2H3,(H,16,19). The van der Waals surface area contributed by atoms with E-state index in [4.69, 9.17) is 0 Å². The minimum absolute atomic E-state index is 0.0226. The van der Waals surface area contributed by atoms with Gasteiger partial charge in [0, 0.05) is 18.5 Å². The van der Waals surface area contributed by atoms with Gasteiger partial charge in [-0.2, -0.15) is 5.10 Å². The van der Waals surface area contributed by atoms with Crippen molar-refractivity contribution in [3.63, 3.8) is 0 Å². The smallest absolute Gasteiger partial charge is 0.302 e. The van der Waals surface area contributed by atoms with Gasteiger partial charge in [-0.05, 0) is 25.8 Å². The maximum Gasteiger partial charge on any atom is 0.302 e. The lowest BCUT2D eigenvalue weighted by molar-refractivity contribution is -0.116. The Kier molecular flexibility index (Phi) is 3.71. The van der Waals surface area contributed by atoms with Crippen LogP contribution in [0.2, 0.25) is 0 Å². The molecule has 3 rings (SSSR count). The Hall–Kier alpha value is -1.82. The highest BCUT2D eigenvalue weighted by molar-refractivity contribution is 8.14. The molecular formula is C15H17N3O2S. The summed E-state index contributed by atoms with van der Waals surface area (Å²) in [6.45, 7) is 4.42. The molecule has 1 aromatic carbocycles. The fourth-order valence-corrected chi connectivity index (χ4v) is 3.49. The van der Waals surface area contributed by atoms with Gasteiger partial charge in [-0.3, -0.25) is 9.59 Å². The lowest BCUT2D eigenvalue weighted by Crippen LogP contribution is -2.34. The van der Waals surface area contributed by atoms with Gasteiger partial charge in [0.05, 0.1) is 16.6 Å². The van der Waals surface area contributed by atoms with E-state index < -0.39 is 0 Å². The van der Waals surface area contributed by atoms with Crippen molar-refractivity contribution in [3.05, 3.63) is 29.3 Å². The lowest BCUT2D eigenvalue weighted by atomic mass is 9.96. The van der Waals surface area contributed by atoms with Crippen LogP contribution in [-0.2, 0) is 11.2 Å². The number of aryl methyl sites for hydroxylation is 1. The van der Waals surface area contributed by atoms with Crippen LogP contribution in [0.25, 0.3) is 0 Å². The Balaban J connectivity index is 2.08. The first-order valence-corrected chi connectivity index (χ1v) is 7.97. The maximum absolute atomic E-state index is 11.9. The number of hydrogen-bond donors (Lipinski definition) is 1. The summed E-state index contributed by atoms with van der Waals surface area (Å²) in [6, 6.07) is 5.98. The zero-order chi connectivity index (χ0) is 15.0. The van der Waals surface area contributed by atoms with Crippen LogP contribution in [0, 0.1) is 0 Å². The van der Waals surface area contributed by atoms with Crippen LogP contribution >= 0.6 is 11.8 Å². The number of nitrogens with zero attached hydrogens (tertiary/aromatic N) is 2. The molecule has 110 valence electrons. The summed E-state index contributed by atoms with van der Waals surface area (Å²) < 4.78 is 0. The molecule has 0 bridgehead atoms. The van der Waals surface area contributed by atoms with Crippen molar-refractivity contribution in [3.8, 4) is 0 Å². The van der Waals surface area contributed by atoms with E-state index in [0.717, 1.165) is 28.9 Å². The Morgan fingerprint density at radius 3 is 2.95 bits per heavy atom. The van der Waals surface area contributed by atoms with E-state index in [-0.39, 0.29) is 16.4 Å². The number of thioether (sulfide) groups is 1. The van der Waals surface area contributed by atoms with Crippen LogP contribution in [-0.4, -0.2) is 33.7 Å². The fraction of sp³-hybridized carbons (Fsp3) is 0.400. The van der Waals surface area contributed by atoms with Gasteiger partial charge < -0.3 is 5.32 Å². The summed E-state index contributed by atoms with van der Waals surface area (Å²) in [5, 5.41) is 8.88. The summed E-state index contributed by atoms with van der Waals surface area (Å²) in [5.74, 6) is 0.0371. The molecule has 0 saturated heterocycles. The van der Waals surface area contributed by atoms with Crippen LogP contribution in [0.3, 0.4) is 0 Å². The van der Waals surface area contributed by atoms with Gasteiger partial charge in [0.1, 0.15) is 0 Å². The third kappa shape index (κ3) is 2.55. The molecule has 1 N–H and O–H groups in total. The number of anilines is 1. The number of carbonyl (C=O) groups is 2. The van der Waals surface area contributed by atoms with Gasteiger partial charge >= 0.3 is 5.24 Å². The molecule has 5 nitrogen and oxygen atoms in total. The number of carbonyl (C=O) groups excluding carboxylic acids is 2. The molecule has 0 fully saturated rings. The molecule has 21 heavy (non-hydrogen) atoms. The summed E-state index contributed by atoms with van der Waals surface area (Å²) in [6.07, 6.45) is 1.27. The highest BCUT2D eigenvalue weighted by atomic mass is 32.2. The average molecular weight is 303 g/mol. The van der Waals surface area contributed by atoms with Crippen molar-refractivity contribution in [2.45, 2.75) is 31.9 Å². The molecular weight excluding hydrogens is 286 g/mol. The van der Waals surface area contributed by atoms with Crippen molar-refractivity contribution < 1.29 is 9.59 Å². The van der Waals surface area contributed by atoms with Gasteiger partial charge in [0.15, 0.2) is 0 Å². The molecule has 2 aliphatic rings. The average Bonchev–Trinajstić information content (AvgIpc) is 2.47. The second-order valence-electron chi connectivity index (χ2n) is 5.11. The molecule has 2 heterocycles. The van der Waals surface area contributed by atoms with Gasteiger partial charge in [-0.25, -0.2) is 5.01 Å². The number of fused-ring (bicyclic) bond motifs is 1. The molecule has 6 heteroatoms. The summed E-state index contributed by atoms with van der Waals surface area (Å²) in [4.78, 5) is 23.6. The van der Waals surface area contributed by atoms with Crippen molar-refractivity contribution >= 4 is 34.3 Å². The van der Waals surface area contributed by atoms with Gasteiger partial charge in [0.25, 0.3) is 0 Å². The molecule has 0 radical (unpaired) electrons. The van der Waals surface area contributed by atoms with Gasteiger partial charge in [-0.1, -0.05) is 30.0 Å². The zero-order valence-electron chi connectivity index (χ0n) is 12.0. The fourth-order valence-electron chi connectivity index (χ4n) is 2.61. The van der Waals surface area contributed by atoms with Crippen LogP contribution in [0.4, 0.5) is 10.5 Å². The second kappa shape index (κ2) is 5.52. The van der Waals surface area contributed by atoms with E-state index in [1.165, 1.54) is 16.8 Å². The van der Waals surface area contributed by atoms with Gasteiger partial charge in [-0.15, -0.1) is 0 Å². The van der Waals surface area contributed by atoms with Crippen LogP contribution < -0.4 is 5.32 Å². The first-order valence-electron chi connectivity index (χ1n) is 7.09. The normalized spacial score (nSPS) is 21.7. The van der Waals surface area contributed by atoms with E-state index in [1.807, 2.05) is 32.0 Å². The van der Waals surface area contributed by atoms with Crippen molar-refractivity contribution in [2.24, 2.45) is 5.10 Å². The molecule has 1 atom stereocenters. The molecule has 2 amide bonds. The predicted octanol–water partition coefficient (Wildman–Crippen LogP) is 2.85. The topological polar surface area (TPSA) is 61.8 Å². The molecule has 0 aromatic heterocycles. The molecule has 0 saturated carbocycles. The minimum atomic E-state index is -0.0254. The first-order chi connectivity index (χ1) is 10.1. The number of nitrogens with one attached hydrogen (secondary N) is 1. The van der Waals surface area contributed by atoms with E-state index in [1.54, 1.807) is 0 Å². The van der Waals surface area contributed by atoms with E-state index in [9.17, 15) is 9.59 Å². The second-order valence-corrected chi connectivity index (χ2v) is 6.41. The third-order valence-corrected chi connectivity index (χ3v) is 4.70. The Morgan fingerprint density at radius 2 is 2.19 bits per heavy atom. The molecule has 1 aromatic rings. The van der Waals surface area contributed by atoms with Crippen molar-refractivity contribution in [1.82, 2.24) is 5.01 Å². The van der Waals surface area contributed by atoms with Crippen LogP contribution in [0.5, 0.6) is 0 Å². The number of benzene rings is 1. The quantitative estimate of drug-likeness (QED) is 0.914. The van der Waals surface area contributed by atoms with E-state index in [2.05, 4.69) is 10.4 Å². The number of hydrazone groups is 1. The monoisotopic (exact) mass is 303 g/mol. The Bertz CT molecular complexity index is 642.